The van der Waals surface area contributed by atoms with Gasteiger partial charge in [0.25, 0.3) is 0 Å². The summed E-state index contributed by atoms with van der Waals surface area (Å²) in [5.74, 6) is 1.19. The summed E-state index contributed by atoms with van der Waals surface area (Å²) in [6.07, 6.45) is 5.32. The van der Waals surface area contributed by atoms with Crippen LogP contribution in [0.3, 0.4) is 0 Å². The molecule has 0 unspecified atom stereocenters. The molecule has 0 saturated heterocycles. The van der Waals surface area contributed by atoms with Gasteiger partial charge in [0.2, 0.25) is 17.8 Å². The van der Waals surface area contributed by atoms with Gasteiger partial charge in [-0.2, -0.15) is 15.0 Å². The van der Waals surface area contributed by atoms with Crippen molar-refractivity contribution in [2.45, 2.75) is 20.5 Å². The number of benzene rings is 2. The molecule has 12 heteroatoms. The van der Waals surface area contributed by atoms with Crippen molar-refractivity contribution in [3.63, 3.8) is 0 Å². The van der Waals surface area contributed by atoms with Crippen LogP contribution in [0.15, 0.2) is 67.3 Å². The van der Waals surface area contributed by atoms with Crippen LogP contribution in [0.1, 0.15) is 11.4 Å². The summed E-state index contributed by atoms with van der Waals surface area (Å²) in [7, 11) is 8.12. The molecule has 218 valence electrons. The number of pyridine rings is 2. The highest BCUT2D eigenvalue weighted by Crippen LogP contribution is 2.31. The third-order valence-electron chi connectivity index (χ3n) is 6.92. The largest absolute Gasteiger partial charge is 0.377 e. The number of aryl methyl sites for hydroxylation is 2. The SMILES string of the molecule is Cc1cc(N(C)C)c2cc(Nc3nc(NCn4ccnc4)nc(Nc4ccc5nc(C)cc(N(C)C)c5c4)n3)ccc2n1. The van der Waals surface area contributed by atoms with Crippen molar-refractivity contribution in [2.75, 3.05) is 53.9 Å². The molecule has 0 fully saturated rings. The fourth-order valence-electron chi connectivity index (χ4n) is 4.94. The second kappa shape index (κ2) is 11.4. The monoisotopic (exact) mass is 574 g/mol. The summed E-state index contributed by atoms with van der Waals surface area (Å²) in [6.45, 7) is 4.46. The molecule has 4 heterocycles. The Balaban J connectivity index is 1.35. The number of nitrogens with one attached hydrogen (secondary N) is 3. The lowest BCUT2D eigenvalue weighted by Gasteiger charge is -2.17. The molecule has 0 radical (unpaired) electrons. The van der Waals surface area contributed by atoms with Crippen LogP contribution in [-0.2, 0) is 6.67 Å². The van der Waals surface area contributed by atoms with Crippen LogP contribution in [0.25, 0.3) is 21.8 Å². The first-order valence-electron chi connectivity index (χ1n) is 13.9. The number of aromatic nitrogens is 7. The van der Waals surface area contributed by atoms with E-state index < -0.39 is 0 Å². The van der Waals surface area contributed by atoms with Crippen molar-refractivity contribution in [1.29, 1.82) is 0 Å². The Kier molecular flexibility index (Phi) is 7.33. The van der Waals surface area contributed by atoms with Crippen LogP contribution in [0, 0.1) is 13.8 Å². The molecule has 0 amide bonds. The fraction of sp³-hybridized carbons (Fsp3) is 0.226. The molecular formula is C31H34N12. The molecule has 12 nitrogen and oxygen atoms in total. The first-order valence-corrected chi connectivity index (χ1v) is 13.9. The van der Waals surface area contributed by atoms with E-state index in [1.54, 1.807) is 12.5 Å². The van der Waals surface area contributed by atoms with Gasteiger partial charge < -0.3 is 30.3 Å². The zero-order valence-corrected chi connectivity index (χ0v) is 25.1. The molecule has 0 bridgehead atoms. The minimum Gasteiger partial charge on any atom is -0.377 e. The molecule has 0 aliphatic carbocycles. The lowest BCUT2D eigenvalue weighted by molar-refractivity contribution is 0.763. The summed E-state index contributed by atoms with van der Waals surface area (Å²) in [5, 5.41) is 12.1. The van der Waals surface area contributed by atoms with Crippen LogP contribution >= 0.6 is 0 Å². The standard InChI is InChI=1S/C31H34N12/c1-19-13-27(41(3)4)23-15-21(7-9-25(23)34-19)36-30-38-29(33-18-43-12-11-32-17-43)39-31(40-30)37-22-8-10-26-24(16-22)28(42(5)6)14-20(2)35-26/h7-17H,18H2,1-6H3,(H3,33,36,37,38,39,40). The highest BCUT2D eigenvalue weighted by molar-refractivity contribution is 5.95. The molecule has 43 heavy (non-hydrogen) atoms. The number of fused-ring (bicyclic) bond motifs is 2. The third-order valence-corrected chi connectivity index (χ3v) is 6.92. The highest BCUT2D eigenvalue weighted by Gasteiger charge is 2.12. The Hall–Kier alpha value is -5.52. The molecule has 4 aromatic heterocycles. The predicted octanol–water partition coefficient (Wildman–Crippen LogP) is 5.47. The molecule has 0 saturated carbocycles. The molecule has 0 spiro atoms. The Morgan fingerprint density at radius 3 is 1.63 bits per heavy atom. The molecule has 3 N–H and O–H groups in total. The molecule has 0 atom stereocenters. The number of hydrogen-bond acceptors (Lipinski definition) is 11. The van der Waals surface area contributed by atoms with Crippen molar-refractivity contribution in [3.05, 3.63) is 78.6 Å². The Labute approximate surface area is 249 Å². The molecular weight excluding hydrogens is 540 g/mol. The van der Waals surface area contributed by atoms with Crippen LogP contribution in [0.2, 0.25) is 0 Å². The summed E-state index contributed by atoms with van der Waals surface area (Å²) in [5.41, 5.74) is 7.63. The lowest BCUT2D eigenvalue weighted by atomic mass is 10.1. The van der Waals surface area contributed by atoms with E-state index in [9.17, 15) is 0 Å². The van der Waals surface area contributed by atoms with E-state index in [2.05, 4.69) is 65.0 Å². The highest BCUT2D eigenvalue weighted by atomic mass is 15.3. The van der Waals surface area contributed by atoms with Crippen LogP contribution in [-0.4, -0.2) is 62.7 Å². The first-order chi connectivity index (χ1) is 20.7. The Morgan fingerprint density at radius 2 is 1.16 bits per heavy atom. The van der Waals surface area contributed by atoms with Crippen LogP contribution < -0.4 is 25.8 Å². The van der Waals surface area contributed by atoms with Crippen molar-refractivity contribution < 1.29 is 0 Å². The summed E-state index contributed by atoms with van der Waals surface area (Å²) in [6, 6.07) is 16.2. The quantitative estimate of drug-likeness (QED) is 0.204. The molecule has 2 aromatic carbocycles. The number of nitrogens with zero attached hydrogens (tertiary/aromatic N) is 9. The summed E-state index contributed by atoms with van der Waals surface area (Å²) < 4.78 is 1.90. The van der Waals surface area contributed by atoms with Gasteiger partial charge in [0.1, 0.15) is 0 Å². The zero-order chi connectivity index (χ0) is 30.1. The van der Waals surface area contributed by atoms with Crippen molar-refractivity contribution in [3.8, 4) is 0 Å². The van der Waals surface area contributed by atoms with Gasteiger partial charge in [-0.3, -0.25) is 9.97 Å². The molecule has 6 aromatic rings. The lowest BCUT2D eigenvalue weighted by Crippen LogP contribution is -2.12. The van der Waals surface area contributed by atoms with E-state index in [1.165, 1.54) is 0 Å². The summed E-state index contributed by atoms with van der Waals surface area (Å²) >= 11 is 0. The van der Waals surface area contributed by atoms with E-state index in [0.717, 1.165) is 55.9 Å². The Bertz CT molecular complexity index is 1800. The zero-order valence-electron chi connectivity index (χ0n) is 25.1. The second-order valence-electron chi connectivity index (χ2n) is 10.8. The van der Waals surface area contributed by atoms with Gasteiger partial charge in [0.15, 0.2) is 0 Å². The Morgan fingerprint density at radius 1 is 0.651 bits per heavy atom. The van der Waals surface area contributed by atoms with E-state index in [-0.39, 0.29) is 0 Å². The van der Waals surface area contributed by atoms with Crippen LogP contribution in [0.5, 0.6) is 0 Å². The number of imidazole rings is 1. The van der Waals surface area contributed by atoms with E-state index in [4.69, 9.17) is 15.0 Å². The smallest absolute Gasteiger partial charge is 0.233 e. The number of rotatable bonds is 9. The van der Waals surface area contributed by atoms with E-state index in [1.807, 2.05) is 77.1 Å². The third kappa shape index (κ3) is 6.08. The predicted molar refractivity (Wildman–Crippen MR) is 174 cm³/mol. The number of hydrogen-bond donors (Lipinski definition) is 3. The van der Waals surface area contributed by atoms with E-state index >= 15 is 0 Å². The minimum absolute atomic E-state index is 0.392. The van der Waals surface area contributed by atoms with Gasteiger partial charge in [0, 0.05) is 85.5 Å². The van der Waals surface area contributed by atoms with Crippen molar-refractivity contribution in [1.82, 2.24) is 34.5 Å². The number of anilines is 7. The second-order valence-corrected chi connectivity index (χ2v) is 10.8. The van der Waals surface area contributed by atoms with Gasteiger partial charge in [0.05, 0.1) is 24.0 Å². The maximum absolute atomic E-state index is 4.72. The van der Waals surface area contributed by atoms with Gasteiger partial charge in [-0.15, -0.1) is 0 Å². The molecule has 0 aliphatic rings. The van der Waals surface area contributed by atoms with Gasteiger partial charge in [-0.1, -0.05) is 0 Å². The topological polar surface area (TPSA) is 125 Å². The van der Waals surface area contributed by atoms with Gasteiger partial charge in [-0.25, -0.2) is 4.98 Å². The maximum Gasteiger partial charge on any atom is 0.233 e. The van der Waals surface area contributed by atoms with Crippen molar-refractivity contribution >= 4 is 62.4 Å². The average molecular weight is 575 g/mol. The van der Waals surface area contributed by atoms with Gasteiger partial charge >= 0.3 is 0 Å². The molecule has 0 aliphatic heterocycles. The fourth-order valence-corrected chi connectivity index (χ4v) is 4.94. The maximum atomic E-state index is 4.72. The molecule has 6 rings (SSSR count). The van der Waals surface area contributed by atoms with Crippen molar-refractivity contribution in [2.24, 2.45) is 0 Å². The first kappa shape index (κ1) is 27.6. The summed E-state index contributed by atoms with van der Waals surface area (Å²) in [4.78, 5) is 31.7. The average Bonchev–Trinajstić information content (AvgIpc) is 3.49. The van der Waals surface area contributed by atoms with Crippen LogP contribution in [0.4, 0.5) is 40.6 Å². The normalized spacial score (nSPS) is 11.1. The van der Waals surface area contributed by atoms with E-state index in [0.29, 0.717) is 24.5 Å². The minimum atomic E-state index is 0.392. The van der Waals surface area contributed by atoms with Gasteiger partial charge in [-0.05, 0) is 62.4 Å².